The Morgan fingerprint density at radius 2 is 1.95 bits per heavy atom. The Balaban J connectivity index is 2.37. The van der Waals surface area contributed by atoms with Gasteiger partial charge in [-0.1, -0.05) is 34.8 Å². The second-order valence-electron chi connectivity index (χ2n) is 3.88. The highest BCUT2D eigenvalue weighted by Crippen LogP contribution is 2.26. The van der Waals surface area contributed by atoms with Gasteiger partial charge in [0.05, 0.1) is 21.3 Å². The summed E-state index contributed by atoms with van der Waals surface area (Å²) in [6.07, 6.45) is 1.97. The molecule has 2 aromatic heterocycles. The number of nitrogens with two attached hydrogens (primary N) is 1. The number of nitrogens with zero attached hydrogens (tertiary/aromatic N) is 2. The molecule has 0 fully saturated rings. The standard InChI is InChI=1S/C12H7BrCl3N3O/c13-5-1-7(14)9(18-4-5)3-6-2-8(15)10(12(17)20)11(16)19-6/h1-2,4H,3H2,(H2,17,20). The Kier molecular flexibility index (Phi) is 4.86. The molecule has 0 aromatic carbocycles. The van der Waals surface area contributed by atoms with Gasteiger partial charge in [0.1, 0.15) is 5.15 Å². The summed E-state index contributed by atoms with van der Waals surface area (Å²) >= 11 is 21.2. The Labute approximate surface area is 138 Å². The van der Waals surface area contributed by atoms with Gasteiger partial charge in [-0.25, -0.2) is 4.98 Å². The zero-order valence-electron chi connectivity index (χ0n) is 9.83. The molecule has 0 radical (unpaired) electrons. The number of rotatable bonds is 3. The van der Waals surface area contributed by atoms with Crippen molar-refractivity contribution >= 4 is 56.6 Å². The molecule has 0 atom stereocenters. The Morgan fingerprint density at radius 1 is 1.25 bits per heavy atom. The number of pyridine rings is 2. The minimum absolute atomic E-state index is 0.00643. The van der Waals surface area contributed by atoms with Crippen molar-refractivity contribution in [2.45, 2.75) is 6.42 Å². The normalized spacial score (nSPS) is 10.6. The molecule has 8 heteroatoms. The van der Waals surface area contributed by atoms with Crippen LogP contribution in [0.3, 0.4) is 0 Å². The quantitative estimate of drug-likeness (QED) is 0.802. The van der Waals surface area contributed by atoms with Crippen LogP contribution in [0, 0.1) is 0 Å². The van der Waals surface area contributed by atoms with Gasteiger partial charge in [-0.15, -0.1) is 0 Å². The minimum atomic E-state index is -0.723. The summed E-state index contributed by atoms with van der Waals surface area (Å²) in [6.45, 7) is 0. The summed E-state index contributed by atoms with van der Waals surface area (Å²) in [5, 5.41) is 0.612. The molecular weight excluding hydrogens is 388 g/mol. The third kappa shape index (κ3) is 3.41. The SMILES string of the molecule is NC(=O)c1c(Cl)cc(Cc2ncc(Br)cc2Cl)nc1Cl. The van der Waals surface area contributed by atoms with Gasteiger partial charge in [0.15, 0.2) is 0 Å². The van der Waals surface area contributed by atoms with E-state index in [9.17, 15) is 4.79 Å². The van der Waals surface area contributed by atoms with Crippen molar-refractivity contribution in [2.75, 3.05) is 0 Å². The van der Waals surface area contributed by atoms with Gasteiger partial charge in [-0.3, -0.25) is 9.78 Å². The van der Waals surface area contributed by atoms with Crippen LogP contribution in [-0.2, 0) is 6.42 Å². The average Bonchev–Trinajstić information content (AvgIpc) is 2.31. The van der Waals surface area contributed by atoms with Gasteiger partial charge in [0, 0.05) is 22.8 Å². The van der Waals surface area contributed by atoms with Gasteiger partial charge in [-0.05, 0) is 28.1 Å². The van der Waals surface area contributed by atoms with Gasteiger partial charge >= 0.3 is 0 Å². The van der Waals surface area contributed by atoms with Gasteiger partial charge < -0.3 is 5.73 Å². The molecule has 0 saturated heterocycles. The Bertz CT molecular complexity index is 671. The molecular formula is C12H7BrCl3N3O. The summed E-state index contributed by atoms with van der Waals surface area (Å²) in [5.74, 6) is -0.723. The fraction of sp³-hybridized carbons (Fsp3) is 0.0833. The number of carbonyl (C=O) groups is 1. The van der Waals surface area contributed by atoms with E-state index in [0.717, 1.165) is 4.47 Å². The molecule has 2 N–H and O–H groups in total. The fourth-order valence-corrected chi connectivity index (χ4v) is 2.94. The van der Waals surface area contributed by atoms with Crippen molar-refractivity contribution in [3.63, 3.8) is 0 Å². The van der Waals surface area contributed by atoms with E-state index in [4.69, 9.17) is 40.5 Å². The summed E-state index contributed by atoms with van der Waals surface area (Å²) in [4.78, 5) is 19.5. The second-order valence-corrected chi connectivity index (χ2v) is 5.97. The van der Waals surface area contributed by atoms with Crippen LogP contribution in [-0.4, -0.2) is 15.9 Å². The predicted molar refractivity (Wildman–Crippen MR) is 82.5 cm³/mol. The van der Waals surface area contributed by atoms with Crippen LogP contribution < -0.4 is 5.73 Å². The maximum atomic E-state index is 11.2. The third-order valence-electron chi connectivity index (χ3n) is 2.46. The van der Waals surface area contributed by atoms with Crippen LogP contribution in [0.4, 0.5) is 0 Å². The van der Waals surface area contributed by atoms with Crippen molar-refractivity contribution in [3.8, 4) is 0 Å². The lowest BCUT2D eigenvalue weighted by Crippen LogP contribution is -2.13. The van der Waals surface area contributed by atoms with E-state index in [1.54, 1.807) is 12.3 Å². The molecule has 2 heterocycles. The second kappa shape index (κ2) is 6.26. The molecule has 0 bridgehead atoms. The molecule has 0 unspecified atom stereocenters. The molecule has 0 saturated carbocycles. The molecule has 4 nitrogen and oxygen atoms in total. The molecule has 20 heavy (non-hydrogen) atoms. The van der Waals surface area contributed by atoms with Crippen molar-refractivity contribution < 1.29 is 4.79 Å². The van der Waals surface area contributed by atoms with E-state index in [-0.39, 0.29) is 15.7 Å². The highest BCUT2D eigenvalue weighted by atomic mass is 79.9. The van der Waals surface area contributed by atoms with Crippen LogP contribution in [0.2, 0.25) is 15.2 Å². The van der Waals surface area contributed by atoms with Crippen molar-refractivity contribution in [2.24, 2.45) is 5.73 Å². The molecule has 0 aliphatic heterocycles. The molecule has 2 aromatic rings. The largest absolute Gasteiger partial charge is 0.365 e. The number of amides is 1. The van der Waals surface area contributed by atoms with Crippen molar-refractivity contribution in [1.82, 2.24) is 9.97 Å². The van der Waals surface area contributed by atoms with Crippen LogP contribution in [0.1, 0.15) is 21.7 Å². The maximum absolute atomic E-state index is 11.2. The molecule has 0 aliphatic rings. The molecule has 104 valence electrons. The summed E-state index contributed by atoms with van der Waals surface area (Å²) < 4.78 is 0.777. The van der Waals surface area contributed by atoms with E-state index >= 15 is 0 Å². The predicted octanol–water partition coefficient (Wildman–Crippen LogP) is 3.89. The highest BCUT2D eigenvalue weighted by Gasteiger charge is 2.15. The molecule has 0 spiro atoms. The fourth-order valence-electron chi connectivity index (χ4n) is 1.59. The monoisotopic (exact) mass is 393 g/mol. The smallest absolute Gasteiger partial charge is 0.253 e. The summed E-state index contributed by atoms with van der Waals surface area (Å²) in [6, 6.07) is 3.25. The van der Waals surface area contributed by atoms with E-state index in [0.29, 0.717) is 22.8 Å². The number of primary amides is 1. The summed E-state index contributed by atoms with van der Waals surface area (Å²) in [7, 11) is 0. The van der Waals surface area contributed by atoms with E-state index in [2.05, 4.69) is 25.9 Å². The Morgan fingerprint density at radius 3 is 2.50 bits per heavy atom. The van der Waals surface area contributed by atoms with Crippen molar-refractivity contribution in [3.05, 3.63) is 55.0 Å². The topological polar surface area (TPSA) is 68.9 Å². The van der Waals surface area contributed by atoms with E-state index < -0.39 is 5.91 Å². The zero-order valence-corrected chi connectivity index (χ0v) is 13.7. The zero-order chi connectivity index (χ0) is 14.9. The van der Waals surface area contributed by atoms with Gasteiger partial charge in [0.25, 0.3) is 5.91 Å². The highest BCUT2D eigenvalue weighted by molar-refractivity contribution is 9.10. The molecule has 2 rings (SSSR count). The molecule has 0 aliphatic carbocycles. The lowest BCUT2D eigenvalue weighted by molar-refractivity contribution is 0.100. The first-order valence-electron chi connectivity index (χ1n) is 5.33. The minimum Gasteiger partial charge on any atom is -0.365 e. The van der Waals surface area contributed by atoms with Crippen LogP contribution in [0.25, 0.3) is 0 Å². The van der Waals surface area contributed by atoms with E-state index in [1.807, 2.05) is 0 Å². The van der Waals surface area contributed by atoms with Gasteiger partial charge in [0.2, 0.25) is 0 Å². The number of hydrogen-bond donors (Lipinski definition) is 1. The van der Waals surface area contributed by atoms with E-state index in [1.165, 1.54) is 6.07 Å². The van der Waals surface area contributed by atoms with Crippen LogP contribution in [0.5, 0.6) is 0 Å². The summed E-state index contributed by atoms with van der Waals surface area (Å²) in [5.41, 5.74) is 6.35. The van der Waals surface area contributed by atoms with Crippen LogP contribution in [0.15, 0.2) is 22.8 Å². The molecule has 1 amide bonds. The third-order valence-corrected chi connectivity index (χ3v) is 3.79. The lowest BCUT2D eigenvalue weighted by Gasteiger charge is -2.07. The van der Waals surface area contributed by atoms with Gasteiger partial charge in [-0.2, -0.15) is 0 Å². The first-order chi connectivity index (χ1) is 9.38. The first-order valence-corrected chi connectivity index (χ1v) is 7.26. The number of hydrogen-bond acceptors (Lipinski definition) is 3. The van der Waals surface area contributed by atoms with Crippen molar-refractivity contribution in [1.29, 1.82) is 0 Å². The first kappa shape index (κ1) is 15.5. The van der Waals surface area contributed by atoms with Crippen LogP contribution >= 0.6 is 50.7 Å². The number of aromatic nitrogens is 2. The number of carbonyl (C=O) groups excluding carboxylic acids is 1. The maximum Gasteiger partial charge on any atom is 0.253 e. The average molecular weight is 395 g/mol. The number of halogens is 4. The Hall–Kier alpha value is -0.880. The lowest BCUT2D eigenvalue weighted by atomic mass is 10.1.